The first-order chi connectivity index (χ1) is 13.0. The first-order valence-electron chi connectivity index (χ1n) is 7.42. The molecule has 2 aromatic heterocycles. The van der Waals surface area contributed by atoms with E-state index in [1.54, 1.807) is 0 Å². The van der Waals surface area contributed by atoms with Crippen LogP contribution >= 0.6 is 15.9 Å². The van der Waals surface area contributed by atoms with E-state index in [0.717, 1.165) is 4.57 Å². The smallest absolute Gasteiger partial charge is 0.365 e. The number of anilines is 1. The highest BCUT2D eigenvalue weighted by Gasteiger charge is 2.23. The molecule has 0 fully saturated rings. The second-order valence-corrected chi connectivity index (χ2v) is 6.73. The van der Waals surface area contributed by atoms with Crippen molar-refractivity contribution >= 4 is 33.0 Å². The van der Waals surface area contributed by atoms with Gasteiger partial charge in [-0.05, 0) is 50.9 Å². The lowest BCUT2D eigenvalue weighted by Crippen LogP contribution is -2.20. The first-order valence-corrected chi connectivity index (χ1v) is 9.32. The summed E-state index contributed by atoms with van der Waals surface area (Å²) in [7, 11) is 0. The molecule has 1 aromatic carbocycles. The maximum atomic E-state index is 13.5. The molecule has 144 valence electrons. The fraction of sp³-hybridized carbons (Fsp3) is 0.231. The van der Waals surface area contributed by atoms with Gasteiger partial charge in [-0.25, -0.2) is 27.3 Å². The van der Waals surface area contributed by atoms with Crippen LogP contribution in [0, 0.1) is 5.82 Å². The third-order valence-corrected chi connectivity index (χ3v) is 4.40. The second-order valence-electron chi connectivity index (χ2n) is 5.09. The third kappa shape index (κ3) is 4.47. The highest BCUT2D eigenvalue weighted by molar-refractivity contribution is 9.10. The van der Waals surface area contributed by atoms with Gasteiger partial charge in [-0.1, -0.05) is 5.16 Å². The summed E-state index contributed by atoms with van der Waals surface area (Å²) < 4.78 is 45.6. The molecule has 0 aliphatic heterocycles. The lowest BCUT2D eigenvalue weighted by Gasteiger charge is -2.06. The fourth-order valence-corrected chi connectivity index (χ4v) is 2.84. The van der Waals surface area contributed by atoms with Crippen LogP contribution in [0.25, 0.3) is 17.2 Å². The van der Waals surface area contributed by atoms with Crippen molar-refractivity contribution in [1.29, 1.82) is 0 Å². The Balaban J connectivity index is 1.84. The topological polar surface area (TPSA) is 148 Å². The highest BCUT2D eigenvalue weighted by atomic mass is 79.9. The predicted molar refractivity (Wildman–Crippen MR) is 94.9 cm³/mol. The van der Waals surface area contributed by atoms with E-state index in [4.69, 9.17) is 13.7 Å². The van der Waals surface area contributed by atoms with Gasteiger partial charge >= 0.3 is 5.76 Å². The Morgan fingerprint density at radius 1 is 1.30 bits per heavy atom. The van der Waals surface area contributed by atoms with Crippen molar-refractivity contribution in [2.24, 2.45) is 0 Å². The van der Waals surface area contributed by atoms with Crippen LogP contribution in [0.5, 0.6) is 0 Å². The van der Waals surface area contributed by atoms with Crippen molar-refractivity contribution in [2.75, 3.05) is 18.4 Å². The summed E-state index contributed by atoms with van der Waals surface area (Å²) in [6, 6.07) is 3.95. The van der Waals surface area contributed by atoms with Gasteiger partial charge in [-0.3, -0.25) is 9.08 Å². The van der Waals surface area contributed by atoms with E-state index in [2.05, 4.69) is 41.4 Å². The van der Waals surface area contributed by atoms with E-state index in [1.165, 1.54) is 18.2 Å². The summed E-state index contributed by atoms with van der Waals surface area (Å²) in [6.07, 6.45) is 0.495. The van der Waals surface area contributed by atoms with Crippen molar-refractivity contribution in [3.63, 3.8) is 0 Å². The lowest BCUT2D eigenvalue weighted by atomic mass is 10.3. The molecule has 14 heteroatoms. The molecule has 0 saturated carbocycles. The molecule has 0 bridgehead atoms. The minimum absolute atomic E-state index is 0.0110. The molecule has 3 rings (SSSR count). The van der Waals surface area contributed by atoms with Crippen LogP contribution in [0.4, 0.5) is 10.2 Å². The van der Waals surface area contributed by atoms with Gasteiger partial charge in [0.1, 0.15) is 5.82 Å². The van der Waals surface area contributed by atoms with E-state index in [0.29, 0.717) is 18.7 Å². The van der Waals surface area contributed by atoms with Crippen molar-refractivity contribution < 1.29 is 22.3 Å². The molecule has 1 unspecified atom stereocenters. The molecule has 0 saturated heterocycles. The Hall–Kier alpha value is -2.42. The van der Waals surface area contributed by atoms with Crippen LogP contribution in [0.15, 0.2) is 36.6 Å². The summed E-state index contributed by atoms with van der Waals surface area (Å²) in [5, 5.41) is 14.1. The monoisotopic (exact) mass is 462 g/mol. The minimum Gasteiger partial charge on any atom is -0.365 e. The number of nitrogens with zero attached hydrogens (tertiary/aromatic N) is 4. The van der Waals surface area contributed by atoms with Crippen LogP contribution in [-0.2, 0) is 11.3 Å². The standard InChI is InChI=1S/C13H12BrFN6O5S/c14-8-6-7(2-3-9(8)15)21-12(20-25-13(21)22)10-11(19-26-18-10)16-4-1-5-17-27(23)24/h2-3,6,17H,1,4-5H2,(H,16,19)(H,23,24). The van der Waals surface area contributed by atoms with Crippen molar-refractivity contribution in [3.05, 3.63) is 39.0 Å². The van der Waals surface area contributed by atoms with E-state index in [9.17, 15) is 13.4 Å². The molecule has 0 spiro atoms. The molecule has 1 atom stereocenters. The summed E-state index contributed by atoms with van der Waals surface area (Å²) >= 11 is 0.977. The fourth-order valence-electron chi connectivity index (χ4n) is 2.16. The molecule has 0 aliphatic carbocycles. The van der Waals surface area contributed by atoms with Crippen LogP contribution in [-0.4, -0.2) is 41.9 Å². The Morgan fingerprint density at radius 3 is 2.85 bits per heavy atom. The maximum Gasteiger partial charge on any atom is 0.446 e. The van der Waals surface area contributed by atoms with Crippen LogP contribution in [0.1, 0.15) is 6.42 Å². The highest BCUT2D eigenvalue weighted by Crippen LogP contribution is 2.26. The molecule has 3 N–H and O–H groups in total. The number of nitrogens with one attached hydrogen (secondary N) is 2. The number of benzene rings is 1. The van der Waals surface area contributed by atoms with Crippen LogP contribution < -0.4 is 15.8 Å². The zero-order valence-electron chi connectivity index (χ0n) is 13.4. The zero-order valence-corrected chi connectivity index (χ0v) is 15.8. The molecule has 3 aromatic rings. The van der Waals surface area contributed by atoms with Gasteiger partial charge in [0, 0.05) is 13.1 Å². The maximum absolute atomic E-state index is 13.5. The Labute approximate surface area is 161 Å². The van der Waals surface area contributed by atoms with E-state index in [-0.39, 0.29) is 28.4 Å². The number of hydrogen-bond donors (Lipinski definition) is 3. The van der Waals surface area contributed by atoms with Gasteiger partial charge in [-0.15, -0.1) is 0 Å². The first kappa shape index (κ1) is 19.3. The average Bonchev–Trinajstić information content (AvgIpc) is 3.23. The molecule has 27 heavy (non-hydrogen) atoms. The summed E-state index contributed by atoms with van der Waals surface area (Å²) in [6.45, 7) is 0.657. The van der Waals surface area contributed by atoms with Gasteiger partial charge in [0.05, 0.1) is 10.2 Å². The van der Waals surface area contributed by atoms with E-state index >= 15 is 0 Å². The molecule has 0 radical (unpaired) electrons. The number of hydrogen-bond acceptors (Lipinski definition) is 8. The molecule has 0 aliphatic rings. The molecular weight excluding hydrogens is 451 g/mol. The average molecular weight is 463 g/mol. The third-order valence-electron chi connectivity index (χ3n) is 3.34. The number of rotatable bonds is 8. The SMILES string of the molecule is O=c1onc(-c2nonc2NCCCNS(=O)O)n1-c1ccc(F)c(Br)c1. The zero-order chi connectivity index (χ0) is 19.4. The van der Waals surface area contributed by atoms with Gasteiger partial charge in [0.15, 0.2) is 5.69 Å². The van der Waals surface area contributed by atoms with Crippen molar-refractivity contribution in [2.45, 2.75) is 6.42 Å². The van der Waals surface area contributed by atoms with Crippen molar-refractivity contribution in [3.8, 4) is 17.2 Å². The summed E-state index contributed by atoms with van der Waals surface area (Å²) in [4.78, 5) is 12.1. The minimum atomic E-state index is -2.08. The van der Waals surface area contributed by atoms with Gasteiger partial charge in [-0.2, -0.15) is 0 Å². The Bertz CT molecular complexity index is 1020. The predicted octanol–water partition coefficient (Wildman–Crippen LogP) is 1.31. The van der Waals surface area contributed by atoms with E-state index in [1.807, 2.05) is 0 Å². The molecule has 0 amide bonds. The Kier molecular flexibility index (Phi) is 6.10. The summed E-state index contributed by atoms with van der Waals surface area (Å²) in [5.74, 6) is -1.08. The molecular formula is C13H12BrFN6O5S. The van der Waals surface area contributed by atoms with Gasteiger partial charge < -0.3 is 5.32 Å². The van der Waals surface area contributed by atoms with E-state index < -0.39 is 22.8 Å². The largest absolute Gasteiger partial charge is 0.446 e. The van der Waals surface area contributed by atoms with Gasteiger partial charge in [0.2, 0.25) is 22.9 Å². The quantitative estimate of drug-likeness (QED) is 0.332. The summed E-state index contributed by atoms with van der Waals surface area (Å²) in [5.41, 5.74) is 0.410. The van der Waals surface area contributed by atoms with Crippen LogP contribution in [0.3, 0.4) is 0 Å². The molecule has 11 nitrogen and oxygen atoms in total. The number of aromatic nitrogens is 4. The molecule has 2 heterocycles. The number of halogens is 2. The lowest BCUT2D eigenvalue weighted by molar-refractivity contribution is 0.309. The van der Waals surface area contributed by atoms with Gasteiger partial charge in [0.25, 0.3) is 0 Å². The van der Waals surface area contributed by atoms with Crippen LogP contribution in [0.2, 0.25) is 0 Å². The van der Waals surface area contributed by atoms with Crippen molar-refractivity contribution in [1.82, 2.24) is 24.8 Å². The normalized spacial score (nSPS) is 12.3. The Morgan fingerprint density at radius 2 is 2.11 bits per heavy atom. The second kappa shape index (κ2) is 8.51.